The number of rotatable bonds is 5. The van der Waals surface area contributed by atoms with Crippen LogP contribution in [-0.2, 0) is 4.79 Å². The molecule has 1 aliphatic carbocycles. The largest absolute Gasteiger partial charge is 0.349 e. The maximum absolute atomic E-state index is 12.2. The Morgan fingerprint density at radius 3 is 2.64 bits per heavy atom. The maximum atomic E-state index is 12.2. The first-order valence-electron chi connectivity index (χ1n) is 7.66. The summed E-state index contributed by atoms with van der Waals surface area (Å²) in [6.45, 7) is 3.69. The van der Waals surface area contributed by atoms with Crippen LogP contribution in [0.25, 0.3) is 0 Å². The first kappa shape index (κ1) is 15.3. The van der Waals surface area contributed by atoms with Crippen LogP contribution >= 0.6 is 11.6 Å². The van der Waals surface area contributed by atoms with Crippen molar-refractivity contribution in [3.05, 3.63) is 28.8 Å². The number of benzene rings is 1. The molecule has 2 fully saturated rings. The molecule has 1 unspecified atom stereocenters. The number of amides is 2. The molecule has 1 heterocycles. The molecule has 1 aromatic rings. The van der Waals surface area contributed by atoms with Crippen LogP contribution in [0.1, 0.15) is 30.1 Å². The van der Waals surface area contributed by atoms with E-state index in [2.05, 4.69) is 16.0 Å². The molecule has 1 saturated heterocycles. The van der Waals surface area contributed by atoms with E-state index in [0.717, 1.165) is 25.9 Å². The third-order valence-corrected chi connectivity index (χ3v) is 4.65. The summed E-state index contributed by atoms with van der Waals surface area (Å²) in [5, 5.41) is 9.35. The van der Waals surface area contributed by atoms with Crippen molar-refractivity contribution in [2.75, 3.05) is 18.4 Å². The zero-order chi connectivity index (χ0) is 15.7. The summed E-state index contributed by atoms with van der Waals surface area (Å²) in [5.41, 5.74) is 1.01. The van der Waals surface area contributed by atoms with Gasteiger partial charge in [0.2, 0.25) is 5.91 Å². The first-order valence-corrected chi connectivity index (χ1v) is 8.04. The van der Waals surface area contributed by atoms with E-state index in [9.17, 15) is 9.59 Å². The SMILES string of the molecule is CC(C(=O)Nc1ccc(Cl)c(C(=O)NC2CC2)c1)C1CNC1. The zero-order valence-corrected chi connectivity index (χ0v) is 13.2. The second-order valence-corrected chi connectivity index (χ2v) is 6.55. The number of halogens is 1. The van der Waals surface area contributed by atoms with E-state index >= 15 is 0 Å². The monoisotopic (exact) mass is 321 g/mol. The Labute approximate surface area is 134 Å². The van der Waals surface area contributed by atoms with Gasteiger partial charge in [-0.15, -0.1) is 0 Å². The van der Waals surface area contributed by atoms with Gasteiger partial charge in [0.1, 0.15) is 0 Å². The van der Waals surface area contributed by atoms with Crippen LogP contribution in [0, 0.1) is 11.8 Å². The molecule has 0 aromatic heterocycles. The summed E-state index contributed by atoms with van der Waals surface area (Å²) in [6.07, 6.45) is 2.04. The van der Waals surface area contributed by atoms with Gasteiger partial charge < -0.3 is 16.0 Å². The molecule has 5 nitrogen and oxygen atoms in total. The second kappa shape index (κ2) is 6.26. The minimum Gasteiger partial charge on any atom is -0.349 e. The van der Waals surface area contributed by atoms with Crippen LogP contribution < -0.4 is 16.0 Å². The molecule has 118 valence electrons. The van der Waals surface area contributed by atoms with E-state index < -0.39 is 0 Å². The molecule has 1 saturated carbocycles. The number of anilines is 1. The van der Waals surface area contributed by atoms with E-state index in [-0.39, 0.29) is 23.8 Å². The van der Waals surface area contributed by atoms with E-state index in [1.807, 2.05) is 6.92 Å². The average molecular weight is 322 g/mol. The third kappa shape index (κ3) is 3.42. The minimum atomic E-state index is -0.181. The van der Waals surface area contributed by atoms with E-state index in [1.54, 1.807) is 18.2 Å². The van der Waals surface area contributed by atoms with Crippen molar-refractivity contribution >= 4 is 29.1 Å². The Balaban J connectivity index is 1.67. The molecule has 6 heteroatoms. The van der Waals surface area contributed by atoms with Crippen molar-refractivity contribution in [2.24, 2.45) is 11.8 Å². The van der Waals surface area contributed by atoms with Crippen LogP contribution in [0.5, 0.6) is 0 Å². The molecular weight excluding hydrogens is 302 g/mol. The van der Waals surface area contributed by atoms with Gasteiger partial charge in [-0.3, -0.25) is 9.59 Å². The lowest BCUT2D eigenvalue weighted by molar-refractivity contribution is -0.121. The fourth-order valence-corrected chi connectivity index (χ4v) is 2.61. The summed E-state index contributed by atoms with van der Waals surface area (Å²) in [5.74, 6) is 0.118. The van der Waals surface area contributed by atoms with Gasteiger partial charge in [0.25, 0.3) is 5.91 Å². The fraction of sp³-hybridized carbons (Fsp3) is 0.500. The quantitative estimate of drug-likeness (QED) is 0.777. The van der Waals surface area contributed by atoms with Crippen LogP contribution in [0.4, 0.5) is 5.69 Å². The number of carbonyl (C=O) groups excluding carboxylic acids is 2. The maximum Gasteiger partial charge on any atom is 0.253 e. The normalized spacial score (nSPS) is 19.2. The molecule has 2 aliphatic rings. The smallest absolute Gasteiger partial charge is 0.253 e. The van der Waals surface area contributed by atoms with Gasteiger partial charge in [-0.2, -0.15) is 0 Å². The van der Waals surface area contributed by atoms with Crippen LogP contribution in [0.15, 0.2) is 18.2 Å². The number of hydrogen-bond acceptors (Lipinski definition) is 3. The summed E-state index contributed by atoms with van der Waals surface area (Å²) < 4.78 is 0. The van der Waals surface area contributed by atoms with Gasteiger partial charge in [-0.05, 0) is 50.0 Å². The van der Waals surface area contributed by atoms with Crippen molar-refractivity contribution < 1.29 is 9.59 Å². The molecule has 3 N–H and O–H groups in total. The van der Waals surface area contributed by atoms with Gasteiger partial charge in [-0.1, -0.05) is 18.5 Å². The molecule has 1 aromatic carbocycles. The Morgan fingerprint density at radius 2 is 2.05 bits per heavy atom. The summed E-state index contributed by atoms with van der Waals surface area (Å²) in [4.78, 5) is 24.4. The molecule has 1 aliphatic heterocycles. The Hall–Kier alpha value is -1.59. The van der Waals surface area contributed by atoms with Crippen molar-refractivity contribution in [3.63, 3.8) is 0 Å². The topological polar surface area (TPSA) is 70.2 Å². The van der Waals surface area contributed by atoms with Crippen LogP contribution in [0.3, 0.4) is 0 Å². The number of nitrogens with one attached hydrogen (secondary N) is 3. The molecule has 2 amide bonds. The molecular formula is C16H20ClN3O2. The Bertz CT molecular complexity index is 597. The Kier molecular flexibility index (Phi) is 4.36. The van der Waals surface area contributed by atoms with Gasteiger partial charge in [-0.25, -0.2) is 0 Å². The molecule has 0 radical (unpaired) electrons. The Morgan fingerprint density at radius 1 is 1.32 bits per heavy atom. The minimum absolute atomic E-state index is 0.0256. The molecule has 0 spiro atoms. The predicted molar refractivity (Wildman–Crippen MR) is 86.1 cm³/mol. The van der Waals surface area contributed by atoms with Crippen molar-refractivity contribution in [3.8, 4) is 0 Å². The highest BCUT2D eigenvalue weighted by molar-refractivity contribution is 6.34. The summed E-state index contributed by atoms with van der Waals surface area (Å²) in [6, 6.07) is 5.28. The van der Waals surface area contributed by atoms with Crippen LogP contribution in [-0.4, -0.2) is 30.9 Å². The lowest BCUT2D eigenvalue weighted by atomic mass is 9.88. The van der Waals surface area contributed by atoms with Crippen LogP contribution in [0.2, 0.25) is 5.02 Å². The molecule has 1 atom stereocenters. The lowest BCUT2D eigenvalue weighted by Gasteiger charge is -2.31. The van der Waals surface area contributed by atoms with Gasteiger partial charge in [0.15, 0.2) is 0 Å². The molecule has 22 heavy (non-hydrogen) atoms. The predicted octanol–water partition coefficient (Wildman–Crippen LogP) is 2.03. The lowest BCUT2D eigenvalue weighted by Crippen LogP contribution is -2.48. The number of hydrogen-bond donors (Lipinski definition) is 3. The summed E-state index contributed by atoms with van der Waals surface area (Å²) in [7, 11) is 0. The van der Waals surface area contributed by atoms with Gasteiger partial charge in [0.05, 0.1) is 10.6 Å². The second-order valence-electron chi connectivity index (χ2n) is 6.14. The zero-order valence-electron chi connectivity index (χ0n) is 12.5. The molecule has 0 bridgehead atoms. The van der Waals surface area contributed by atoms with Crippen molar-refractivity contribution in [1.29, 1.82) is 0 Å². The van der Waals surface area contributed by atoms with E-state index in [0.29, 0.717) is 22.2 Å². The van der Waals surface area contributed by atoms with E-state index in [4.69, 9.17) is 11.6 Å². The molecule has 3 rings (SSSR count). The van der Waals surface area contributed by atoms with Crippen molar-refractivity contribution in [2.45, 2.75) is 25.8 Å². The van der Waals surface area contributed by atoms with Gasteiger partial charge >= 0.3 is 0 Å². The third-order valence-electron chi connectivity index (χ3n) is 4.32. The average Bonchev–Trinajstić information content (AvgIpc) is 3.22. The standard InChI is InChI=1S/C16H20ClN3O2/c1-9(10-7-18-8-10)15(21)20-12-4-5-14(17)13(6-12)16(22)19-11-2-3-11/h4-6,9-11,18H,2-3,7-8H2,1H3,(H,19,22)(H,20,21). The highest BCUT2D eigenvalue weighted by Gasteiger charge is 2.29. The summed E-state index contributed by atoms with van der Waals surface area (Å²) >= 11 is 6.09. The van der Waals surface area contributed by atoms with E-state index in [1.165, 1.54) is 0 Å². The highest BCUT2D eigenvalue weighted by atomic mass is 35.5. The van der Waals surface area contributed by atoms with Gasteiger partial charge in [0, 0.05) is 17.6 Å². The number of carbonyl (C=O) groups is 2. The fourth-order valence-electron chi connectivity index (χ4n) is 2.40. The first-order chi connectivity index (χ1) is 10.5. The highest BCUT2D eigenvalue weighted by Crippen LogP contribution is 2.25. The van der Waals surface area contributed by atoms with Crippen molar-refractivity contribution in [1.82, 2.24) is 10.6 Å².